The number of phenols is 1. The van der Waals surface area contributed by atoms with Crippen molar-refractivity contribution in [3.63, 3.8) is 0 Å². The molecule has 0 bridgehead atoms. The van der Waals surface area contributed by atoms with Gasteiger partial charge in [0, 0.05) is 35.0 Å². The number of rotatable bonds is 9. The predicted octanol–water partition coefficient (Wildman–Crippen LogP) is 8.81. The number of piperidine rings is 2. The van der Waals surface area contributed by atoms with Crippen LogP contribution in [0, 0.1) is 16.2 Å². The maximum Gasteiger partial charge on any atom is 0.324 e. The summed E-state index contributed by atoms with van der Waals surface area (Å²) in [6, 6.07) is 3.99. The largest absolute Gasteiger partial charge is 0.507 e. The van der Waals surface area contributed by atoms with E-state index in [4.69, 9.17) is 9.47 Å². The highest BCUT2D eigenvalue weighted by atomic mass is 16.6. The average Bonchev–Trinajstić information content (AvgIpc) is 2.96. The van der Waals surface area contributed by atoms with Crippen molar-refractivity contribution in [2.75, 3.05) is 27.2 Å². The lowest BCUT2D eigenvalue weighted by atomic mass is 9.65. The van der Waals surface area contributed by atoms with E-state index in [2.05, 4.69) is 128 Å². The second-order valence-electron chi connectivity index (χ2n) is 19.7. The Bertz CT molecular complexity index is 1270. The third-order valence-electron chi connectivity index (χ3n) is 13.7. The van der Waals surface area contributed by atoms with Gasteiger partial charge < -0.3 is 24.4 Å². The molecule has 0 saturated carbocycles. The summed E-state index contributed by atoms with van der Waals surface area (Å²) in [5, 5.41) is 11.5. The topological polar surface area (TPSA) is 79.3 Å². The van der Waals surface area contributed by atoms with Crippen molar-refractivity contribution >= 4 is 11.9 Å². The van der Waals surface area contributed by atoms with E-state index in [1.807, 2.05) is 12.1 Å². The third-order valence-corrected chi connectivity index (χ3v) is 13.7. The number of hydrogen-bond donors (Lipinski definition) is 1. The van der Waals surface area contributed by atoms with Gasteiger partial charge in [-0.3, -0.25) is 9.59 Å². The Balaban J connectivity index is 2.24. The Kier molecular flexibility index (Phi) is 11.6. The molecule has 7 heteroatoms. The minimum Gasteiger partial charge on any atom is -0.507 e. The molecule has 280 valence electrons. The molecule has 2 atom stereocenters. The quantitative estimate of drug-likeness (QED) is 0.206. The van der Waals surface area contributed by atoms with Gasteiger partial charge in [0.2, 0.25) is 0 Å². The summed E-state index contributed by atoms with van der Waals surface area (Å²) >= 11 is 0. The van der Waals surface area contributed by atoms with Crippen molar-refractivity contribution in [2.24, 2.45) is 16.2 Å². The Labute approximate surface area is 299 Å². The van der Waals surface area contributed by atoms with Gasteiger partial charge in [-0.05, 0) is 95.0 Å². The van der Waals surface area contributed by atoms with Crippen molar-refractivity contribution in [1.82, 2.24) is 9.80 Å². The number of benzene rings is 1. The zero-order chi connectivity index (χ0) is 37.8. The molecule has 1 N–H and O–H groups in total. The number of carbonyl (C=O) groups is 2. The highest BCUT2D eigenvalue weighted by Crippen LogP contribution is 2.49. The first-order chi connectivity index (χ1) is 22.1. The number of carbonyl (C=O) groups excluding carboxylic acids is 2. The molecule has 2 saturated heterocycles. The van der Waals surface area contributed by atoms with Crippen molar-refractivity contribution in [3.05, 3.63) is 28.8 Å². The molecule has 3 rings (SSSR count). The van der Waals surface area contributed by atoms with Crippen LogP contribution in [0.25, 0.3) is 0 Å². The van der Waals surface area contributed by atoms with E-state index in [1.165, 1.54) is 0 Å². The summed E-state index contributed by atoms with van der Waals surface area (Å²) in [5.74, 6) is -0.701. The average molecular weight is 685 g/mol. The van der Waals surface area contributed by atoms with E-state index in [0.717, 1.165) is 36.2 Å². The van der Waals surface area contributed by atoms with Crippen molar-refractivity contribution < 1.29 is 24.2 Å². The molecule has 0 spiro atoms. The fourth-order valence-electron chi connectivity index (χ4n) is 7.86. The first-order valence-corrected chi connectivity index (χ1v) is 18.8. The van der Waals surface area contributed by atoms with Crippen LogP contribution in [0.4, 0.5) is 0 Å². The minimum atomic E-state index is -1.55. The Hall–Kier alpha value is -2.12. The molecule has 2 fully saturated rings. The van der Waals surface area contributed by atoms with Crippen LogP contribution in [0.3, 0.4) is 0 Å². The summed E-state index contributed by atoms with van der Waals surface area (Å²) < 4.78 is 13.3. The first-order valence-electron chi connectivity index (χ1n) is 18.8. The number of unbranched alkanes of at least 4 members (excludes halogenated alkanes) is 1. The second kappa shape index (κ2) is 13.8. The van der Waals surface area contributed by atoms with Crippen molar-refractivity contribution in [2.45, 2.75) is 176 Å². The number of likely N-dealkylation sites (tertiary alicyclic amines) is 2. The standard InChI is InChI=1S/C42H72N2O5/c1-18-19-22-42(34(46)48-31-20-23-43(16)40(12,13)38(31,8)9,35(47)49-32-21-24-44(17)41(14,15)39(32,10)11)27-28-25-29(36(2,3)4)33(45)30(26-28)37(5,6)7/h25-26,31-32,45H,18-24,27H2,1-17H3. The second-order valence-corrected chi connectivity index (χ2v) is 19.7. The first kappa shape index (κ1) is 41.3. The maximum atomic E-state index is 15.1. The van der Waals surface area contributed by atoms with Crippen LogP contribution in [0.2, 0.25) is 0 Å². The van der Waals surface area contributed by atoms with Gasteiger partial charge >= 0.3 is 11.9 Å². The zero-order valence-corrected chi connectivity index (χ0v) is 34.4. The van der Waals surface area contributed by atoms with Crippen LogP contribution in [0.15, 0.2) is 12.1 Å². The maximum absolute atomic E-state index is 15.1. The smallest absolute Gasteiger partial charge is 0.324 e. The van der Waals surface area contributed by atoms with E-state index in [9.17, 15) is 5.11 Å². The van der Waals surface area contributed by atoms with Crippen LogP contribution in [0.1, 0.15) is 153 Å². The van der Waals surface area contributed by atoms with Gasteiger partial charge in [0.05, 0.1) is 0 Å². The molecule has 2 heterocycles. The van der Waals surface area contributed by atoms with Crippen molar-refractivity contribution in [1.29, 1.82) is 0 Å². The number of esters is 2. The van der Waals surface area contributed by atoms with Crippen molar-refractivity contribution in [3.8, 4) is 5.75 Å². The third kappa shape index (κ3) is 7.59. The monoisotopic (exact) mass is 685 g/mol. The fourth-order valence-corrected chi connectivity index (χ4v) is 7.86. The number of hydrogen-bond acceptors (Lipinski definition) is 7. The van der Waals surface area contributed by atoms with Gasteiger partial charge in [-0.1, -0.05) is 101 Å². The van der Waals surface area contributed by atoms with E-state index in [-0.39, 0.29) is 57.1 Å². The number of aromatic hydroxyl groups is 1. The molecule has 0 aliphatic carbocycles. The molecule has 2 unspecified atom stereocenters. The molecule has 7 nitrogen and oxygen atoms in total. The summed E-state index contributed by atoms with van der Waals surface area (Å²) in [7, 11) is 4.25. The predicted molar refractivity (Wildman–Crippen MR) is 201 cm³/mol. The SMILES string of the molecule is CCCCC(Cc1cc(C(C)(C)C)c(O)c(C(C)(C)C)c1)(C(=O)OC1CCN(C)C(C)(C)C1(C)C)C(=O)OC1CCN(C)C(C)(C)C1(C)C. The molecule has 0 aromatic heterocycles. The number of nitrogens with zero attached hydrogens (tertiary/aromatic N) is 2. The molecule has 0 radical (unpaired) electrons. The minimum absolute atomic E-state index is 0.143. The van der Waals surface area contributed by atoms with Crippen LogP contribution in [-0.4, -0.2) is 77.3 Å². The van der Waals surface area contributed by atoms with Gasteiger partial charge in [0.25, 0.3) is 0 Å². The molecule has 49 heavy (non-hydrogen) atoms. The number of ether oxygens (including phenoxy) is 2. The molecule has 1 aromatic carbocycles. The fraction of sp³-hybridized carbons (Fsp3) is 0.810. The Morgan fingerprint density at radius 2 is 1.12 bits per heavy atom. The molecule has 0 amide bonds. The normalized spacial score (nSPS) is 25.3. The Morgan fingerprint density at radius 1 is 0.755 bits per heavy atom. The Morgan fingerprint density at radius 3 is 1.45 bits per heavy atom. The lowest BCUT2D eigenvalue weighted by Crippen LogP contribution is -2.64. The van der Waals surface area contributed by atoms with E-state index in [1.54, 1.807) is 0 Å². The molecule has 2 aliphatic rings. The van der Waals surface area contributed by atoms with E-state index >= 15 is 9.59 Å². The summed E-state index contributed by atoms with van der Waals surface area (Å²) in [5.41, 5.74) is -1.02. The van der Waals surface area contributed by atoms with Gasteiger partial charge in [0.15, 0.2) is 5.41 Å². The highest BCUT2D eigenvalue weighted by molar-refractivity contribution is 6.00. The van der Waals surface area contributed by atoms with Gasteiger partial charge in [0.1, 0.15) is 18.0 Å². The summed E-state index contributed by atoms with van der Waals surface area (Å²) in [6.45, 7) is 33.6. The number of phenolic OH excluding ortho intramolecular Hbond substituents is 1. The van der Waals surface area contributed by atoms with E-state index < -0.39 is 17.4 Å². The van der Waals surface area contributed by atoms with Gasteiger partial charge in [-0.25, -0.2) is 0 Å². The van der Waals surface area contributed by atoms with Gasteiger partial charge in [-0.2, -0.15) is 0 Å². The summed E-state index contributed by atoms with van der Waals surface area (Å²) in [6.07, 6.45) is 2.60. The molecule has 1 aromatic rings. The zero-order valence-electron chi connectivity index (χ0n) is 34.4. The molecule has 2 aliphatic heterocycles. The molecular formula is C42H72N2O5. The lowest BCUT2D eigenvalue weighted by Gasteiger charge is -2.56. The van der Waals surface area contributed by atoms with E-state index in [0.29, 0.717) is 25.7 Å². The summed E-state index contributed by atoms with van der Waals surface area (Å²) in [4.78, 5) is 34.8. The highest BCUT2D eigenvalue weighted by Gasteiger charge is 2.57. The van der Waals surface area contributed by atoms with Crippen LogP contribution in [-0.2, 0) is 36.3 Å². The van der Waals surface area contributed by atoms with Crippen LogP contribution >= 0.6 is 0 Å². The van der Waals surface area contributed by atoms with Gasteiger partial charge in [-0.15, -0.1) is 0 Å². The van der Waals surface area contributed by atoms with Crippen LogP contribution in [0.5, 0.6) is 5.75 Å². The lowest BCUT2D eigenvalue weighted by molar-refractivity contribution is -0.199. The van der Waals surface area contributed by atoms with Crippen LogP contribution < -0.4 is 0 Å². The molecular weight excluding hydrogens is 612 g/mol.